The van der Waals surface area contributed by atoms with E-state index in [0.29, 0.717) is 17.9 Å². The second-order valence-corrected chi connectivity index (χ2v) is 5.37. The fourth-order valence-electron chi connectivity index (χ4n) is 2.23. The summed E-state index contributed by atoms with van der Waals surface area (Å²) in [4.78, 5) is 11.7. The first-order chi connectivity index (χ1) is 12.2. The van der Waals surface area contributed by atoms with E-state index in [2.05, 4.69) is 15.6 Å². The predicted molar refractivity (Wildman–Crippen MR) is 89.7 cm³/mol. The third-order valence-corrected chi connectivity index (χ3v) is 3.51. The third-order valence-electron chi connectivity index (χ3n) is 3.51. The van der Waals surface area contributed by atoms with Crippen molar-refractivity contribution in [3.05, 3.63) is 77.9 Å². The molecule has 2 aromatic carbocycles. The number of ether oxygens (including phenoxy) is 1. The van der Waals surface area contributed by atoms with Crippen molar-refractivity contribution in [2.45, 2.75) is 13.0 Å². The van der Waals surface area contributed by atoms with E-state index in [1.807, 2.05) is 30.3 Å². The maximum absolute atomic E-state index is 12.9. The molecule has 1 amide bonds. The van der Waals surface area contributed by atoms with Gasteiger partial charge in [0, 0.05) is 6.54 Å². The van der Waals surface area contributed by atoms with Gasteiger partial charge in [0.15, 0.2) is 0 Å². The lowest BCUT2D eigenvalue weighted by Gasteiger charge is -2.05. The molecule has 1 heterocycles. The number of aromatic nitrogens is 3. The summed E-state index contributed by atoms with van der Waals surface area (Å²) in [5.74, 6) is -0.320. The Kier molecular flexibility index (Phi) is 5.36. The van der Waals surface area contributed by atoms with Gasteiger partial charge >= 0.3 is 6.09 Å². The van der Waals surface area contributed by atoms with Crippen LogP contribution in [-0.4, -0.2) is 27.6 Å². The summed E-state index contributed by atoms with van der Waals surface area (Å²) in [6, 6.07) is 15.7. The molecular formula is C18H17FN4O2. The molecule has 0 fully saturated rings. The molecule has 0 saturated heterocycles. The quantitative estimate of drug-likeness (QED) is 0.749. The van der Waals surface area contributed by atoms with Crippen LogP contribution in [0.3, 0.4) is 0 Å². The molecule has 3 aromatic rings. The van der Waals surface area contributed by atoms with Gasteiger partial charge in [-0.25, -0.2) is 13.9 Å². The lowest BCUT2D eigenvalue weighted by Crippen LogP contribution is -2.26. The van der Waals surface area contributed by atoms with E-state index >= 15 is 0 Å². The molecule has 0 spiro atoms. The van der Waals surface area contributed by atoms with E-state index in [1.165, 1.54) is 16.8 Å². The van der Waals surface area contributed by atoms with E-state index < -0.39 is 6.09 Å². The zero-order valence-electron chi connectivity index (χ0n) is 13.4. The minimum atomic E-state index is -0.507. The number of halogens is 1. The number of amides is 1. The molecule has 6 nitrogen and oxygen atoms in total. The molecule has 1 N–H and O–H groups in total. The molecule has 25 heavy (non-hydrogen) atoms. The van der Waals surface area contributed by atoms with E-state index in [4.69, 9.17) is 4.74 Å². The van der Waals surface area contributed by atoms with Crippen LogP contribution in [0.4, 0.5) is 9.18 Å². The summed E-state index contributed by atoms with van der Waals surface area (Å²) in [6.07, 6.45) is 1.86. The van der Waals surface area contributed by atoms with Gasteiger partial charge in [-0.1, -0.05) is 35.5 Å². The van der Waals surface area contributed by atoms with Crippen LogP contribution in [0.5, 0.6) is 0 Å². The van der Waals surface area contributed by atoms with Crippen LogP contribution >= 0.6 is 0 Å². The number of nitrogens with zero attached hydrogens (tertiary/aromatic N) is 3. The number of carbonyl (C=O) groups excluding carboxylic acids is 1. The van der Waals surface area contributed by atoms with Gasteiger partial charge in [0.1, 0.15) is 18.1 Å². The molecule has 7 heteroatoms. The average Bonchev–Trinajstić information content (AvgIpc) is 3.10. The molecule has 128 valence electrons. The van der Waals surface area contributed by atoms with Crippen molar-refractivity contribution in [1.82, 2.24) is 20.3 Å². The Morgan fingerprint density at radius 1 is 1.12 bits per heavy atom. The van der Waals surface area contributed by atoms with Crippen molar-refractivity contribution >= 4 is 6.09 Å². The Morgan fingerprint density at radius 3 is 2.64 bits per heavy atom. The highest BCUT2D eigenvalue weighted by Gasteiger charge is 2.07. The lowest BCUT2D eigenvalue weighted by atomic mass is 10.1. The van der Waals surface area contributed by atoms with Crippen molar-refractivity contribution in [1.29, 1.82) is 0 Å². The molecule has 0 bridgehead atoms. The number of alkyl carbamates (subject to hydrolysis) is 1. The van der Waals surface area contributed by atoms with Crippen molar-refractivity contribution in [2.75, 3.05) is 6.54 Å². The van der Waals surface area contributed by atoms with E-state index in [-0.39, 0.29) is 12.4 Å². The smallest absolute Gasteiger partial charge is 0.407 e. The molecule has 0 unspecified atom stereocenters. The minimum Gasteiger partial charge on any atom is -0.443 e. The topological polar surface area (TPSA) is 69.0 Å². The summed E-state index contributed by atoms with van der Waals surface area (Å²) in [7, 11) is 0. The van der Waals surface area contributed by atoms with Gasteiger partial charge in [-0.2, -0.15) is 0 Å². The van der Waals surface area contributed by atoms with Crippen LogP contribution in [0.25, 0.3) is 5.69 Å². The third kappa shape index (κ3) is 4.87. The van der Waals surface area contributed by atoms with Gasteiger partial charge in [0.05, 0.1) is 11.9 Å². The van der Waals surface area contributed by atoms with E-state index in [0.717, 1.165) is 12.0 Å². The number of hydrogen-bond acceptors (Lipinski definition) is 4. The molecule has 0 radical (unpaired) electrons. The highest BCUT2D eigenvalue weighted by molar-refractivity contribution is 5.67. The predicted octanol–water partition coefficient (Wildman–Crippen LogP) is 2.88. The Balaban J connectivity index is 1.44. The first-order valence-corrected chi connectivity index (χ1v) is 7.82. The largest absolute Gasteiger partial charge is 0.443 e. The Labute approximate surface area is 144 Å². The van der Waals surface area contributed by atoms with Crippen LogP contribution < -0.4 is 5.32 Å². The molecule has 0 saturated carbocycles. The minimum absolute atomic E-state index is 0.0123. The monoisotopic (exact) mass is 340 g/mol. The summed E-state index contributed by atoms with van der Waals surface area (Å²) in [5, 5.41) is 10.5. The van der Waals surface area contributed by atoms with E-state index in [1.54, 1.807) is 18.3 Å². The SMILES string of the molecule is O=C(NCCc1ccccc1)OCc1cn(-c2ccc(F)cc2)nn1. The fourth-order valence-corrected chi connectivity index (χ4v) is 2.23. The Bertz CT molecular complexity index is 819. The van der Waals surface area contributed by atoms with E-state index in [9.17, 15) is 9.18 Å². The van der Waals surface area contributed by atoms with Gasteiger partial charge in [-0.05, 0) is 36.2 Å². The van der Waals surface area contributed by atoms with Crippen molar-refractivity contribution < 1.29 is 13.9 Å². The first-order valence-electron chi connectivity index (χ1n) is 7.82. The van der Waals surface area contributed by atoms with Crippen molar-refractivity contribution in [2.24, 2.45) is 0 Å². The van der Waals surface area contributed by atoms with Crippen LogP contribution in [0.1, 0.15) is 11.3 Å². The van der Waals surface area contributed by atoms with Gasteiger partial charge in [0.2, 0.25) is 0 Å². The maximum Gasteiger partial charge on any atom is 0.407 e. The van der Waals surface area contributed by atoms with Gasteiger partial charge < -0.3 is 10.1 Å². The fraction of sp³-hybridized carbons (Fsp3) is 0.167. The first kappa shape index (κ1) is 16.6. The average molecular weight is 340 g/mol. The summed E-state index contributed by atoms with van der Waals surface area (Å²) in [5.41, 5.74) is 2.32. The molecule has 0 aliphatic rings. The maximum atomic E-state index is 12.9. The number of carbonyl (C=O) groups is 1. The highest BCUT2D eigenvalue weighted by Crippen LogP contribution is 2.08. The van der Waals surface area contributed by atoms with Crippen LogP contribution in [0, 0.1) is 5.82 Å². The molecule has 0 atom stereocenters. The zero-order valence-corrected chi connectivity index (χ0v) is 13.4. The molecule has 0 aliphatic carbocycles. The number of hydrogen-bond donors (Lipinski definition) is 1. The molecular weight excluding hydrogens is 323 g/mol. The van der Waals surface area contributed by atoms with Crippen molar-refractivity contribution in [3.63, 3.8) is 0 Å². The highest BCUT2D eigenvalue weighted by atomic mass is 19.1. The number of rotatable bonds is 6. The lowest BCUT2D eigenvalue weighted by molar-refractivity contribution is 0.138. The molecule has 3 rings (SSSR count). The standard InChI is InChI=1S/C18H17FN4O2/c19-15-6-8-17(9-7-15)23-12-16(21-22-23)13-25-18(24)20-11-10-14-4-2-1-3-5-14/h1-9,12H,10-11,13H2,(H,20,24). The second-order valence-electron chi connectivity index (χ2n) is 5.37. The van der Waals surface area contributed by atoms with Crippen LogP contribution in [0.2, 0.25) is 0 Å². The zero-order chi connectivity index (χ0) is 17.5. The van der Waals surface area contributed by atoms with Crippen LogP contribution in [0.15, 0.2) is 60.8 Å². The van der Waals surface area contributed by atoms with Gasteiger partial charge in [-0.3, -0.25) is 0 Å². The normalized spacial score (nSPS) is 10.4. The van der Waals surface area contributed by atoms with Gasteiger partial charge in [-0.15, -0.1) is 5.10 Å². The summed E-state index contributed by atoms with van der Waals surface area (Å²) < 4.78 is 19.5. The Morgan fingerprint density at radius 2 is 1.88 bits per heavy atom. The summed E-state index contributed by atoms with van der Waals surface area (Å²) >= 11 is 0. The summed E-state index contributed by atoms with van der Waals surface area (Å²) in [6.45, 7) is 0.503. The van der Waals surface area contributed by atoms with Crippen LogP contribution in [-0.2, 0) is 17.8 Å². The Hall–Kier alpha value is -3.22. The number of benzene rings is 2. The second kappa shape index (κ2) is 8.05. The molecule has 0 aliphatic heterocycles. The van der Waals surface area contributed by atoms with Crippen molar-refractivity contribution in [3.8, 4) is 5.69 Å². The number of nitrogens with one attached hydrogen (secondary N) is 1. The van der Waals surface area contributed by atoms with Gasteiger partial charge in [0.25, 0.3) is 0 Å². The molecule has 1 aromatic heterocycles.